The van der Waals surface area contributed by atoms with E-state index < -0.39 is 0 Å². The molecule has 1 amide bonds. The molecule has 0 fully saturated rings. The molecule has 124 valence electrons. The Morgan fingerprint density at radius 1 is 1.26 bits per heavy atom. The predicted octanol–water partition coefficient (Wildman–Crippen LogP) is 3.69. The van der Waals surface area contributed by atoms with Crippen LogP contribution < -0.4 is 10.1 Å². The van der Waals surface area contributed by atoms with E-state index in [9.17, 15) is 4.79 Å². The zero-order valence-electron chi connectivity index (χ0n) is 13.7. The monoisotopic (exact) mass is 315 g/mol. The molecular formula is C19H25NO3. The van der Waals surface area contributed by atoms with Crippen LogP contribution in [0.25, 0.3) is 6.08 Å². The van der Waals surface area contributed by atoms with Crippen molar-refractivity contribution in [1.82, 2.24) is 5.32 Å². The van der Waals surface area contributed by atoms with E-state index in [0.717, 1.165) is 17.7 Å². The molecule has 4 heteroatoms. The summed E-state index contributed by atoms with van der Waals surface area (Å²) < 4.78 is 10.2. The minimum atomic E-state index is -0.0545. The number of amides is 1. The van der Waals surface area contributed by atoms with Crippen LogP contribution in [-0.4, -0.2) is 26.4 Å². The van der Waals surface area contributed by atoms with Crippen LogP contribution in [0.4, 0.5) is 0 Å². The van der Waals surface area contributed by atoms with Gasteiger partial charge >= 0.3 is 0 Å². The average molecular weight is 315 g/mol. The number of hydrogen-bond donors (Lipinski definition) is 1. The molecule has 0 heterocycles. The molecule has 0 unspecified atom stereocenters. The zero-order chi connectivity index (χ0) is 16.3. The smallest absolute Gasteiger partial charge is 0.244 e. The highest BCUT2D eigenvalue weighted by Crippen LogP contribution is 2.19. The first kappa shape index (κ1) is 17.3. The van der Waals surface area contributed by atoms with Crippen molar-refractivity contribution in [1.29, 1.82) is 0 Å². The van der Waals surface area contributed by atoms with Crippen molar-refractivity contribution in [3.63, 3.8) is 0 Å². The standard InChI is InChI=1S/C19H25NO3/c1-22-15-23-18-10-7-17(8-11-18)9-12-19(21)20-14-13-16-5-3-2-4-6-16/h5,7-12H,2-4,6,13-15H2,1H3,(H,20,21)/b12-9+. The first-order chi connectivity index (χ1) is 11.3. The van der Waals surface area contributed by atoms with Gasteiger partial charge in [-0.3, -0.25) is 4.79 Å². The molecular weight excluding hydrogens is 290 g/mol. The second-order valence-electron chi connectivity index (χ2n) is 5.60. The maximum Gasteiger partial charge on any atom is 0.244 e. The molecule has 0 saturated heterocycles. The predicted molar refractivity (Wildman–Crippen MR) is 92.2 cm³/mol. The third-order valence-electron chi connectivity index (χ3n) is 3.78. The van der Waals surface area contributed by atoms with E-state index in [2.05, 4.69) is 11.4 Å². The highest BCUT2D eigenvalue weighted by molar-refractivity contribution is 5.91. The molecule has 0 bridgehead atoms. The Labute approximate surface area is 138 Å². The largest absolute Gasteiger partial charge is 0.468 e. The molecule has 1 aromatic carbocycles. The molecule has 0 radical (unpaired) electrons. The lowest BCUT2D eigenvalue weighted by Gasteiger charge is -2.12. The number of nitrogens with one attached hydrogen (secondary N) is 1. The maximum atomic E-state index is 11.8. The number of benzene rings is 1. The van der Waals surface area contributed by atoms with Crippen molar-refractivity contribution in [2.75, 3.05) is 20.4 Å². The number of carbonyl (C=O) groups excluding carboxylic acids is 1. The van der Waals surface area contributed by atoms with E-state index in [0.29, 0.717) is 6.54 Å². The van der Waals surface area contributed by atoms with E-state index in [1.807, 2.05) is 24.3 Å². The Balaban J connectivity index is 1.71. The number of methoxy groups -OCH3 is 1. The number of carbonyl (C=O) groups is 1. The lowest BCUT2D eigenvalue weighted by atomic mass is 9.97. The van der Waals surface area contributed by atoms with Gasteiger partial charge in [0.25, 0.3) is 0 Å². The fourth-order valence-electron chi connectivity index (χ4n) is 2.51. The van der Waals surface area contributed by atoms with Crippen LogP contribution in [0.5, 0.6) is 5.75 Å². The minimum absolute atomic E-state index is 0.0545. The van der Waals surface area contributed by atoms with Gasteiger partial charge in [-0.25, -0.2) is 0 Å². The molecule has 4 nitrogen and oxygen atoms in total. The van der Waals surface area contributed by atoms with Crippen molar-refractivity contribution in [2.45, 2.75) is 32.1 Å². The van der Waals surface area contributed by atoms with Gasteiger partial charge in [-0.2, -0.15) is 0 Å². The quantitative estimate of drug-likeness (QED) is 0.452. The third kappa shape index (κ3) is 6.70. The molecule has 1 aromatic rings. The van der Waals surface area contributed by atoms with Crippen LogP contribution in [0.3, 0.4) is 0 Å². The van der Waals surface area contributed by atoms with Crippen molar-refractivity contribution in [3.8, 4) is 5.75 Å². The van der Waals surface area contributed by atoms with Crippen molar-refractivity contribution in [3.05, 3.63) is 47.6 Å². The van der Waals surface area contributed by atoms with Gasteiger partial charge in [-0.15, -0.1) is 0 Å². The average Bonchev–Trinajstić information content (AvgIpc) is 2.60. The maximum absolute atomic E-state index is 11.8. The topological polar surface area (TPSA) is 47.6 Å². The van der Waals surface area contributed by atoms with Gasteiger partial charge < -0.3 is 14.8 Å². The first-order valence-electron chi connectivity index (χ1n) is 8.13. The van der Waals surface area contributed by atoms with Crippen LogP contribution in [0.1, 0.15) is 37.7 Å². The summed E-state index contributed by atoms with van der Waals surface area (Å²) >= 11 is 0. The zero-order valence-corrected chi connectivity index (χ0v) is 13.7. The normalized spacial score (nSPS) is 14.6. The summed E-state index contributed by atoms with van der Waals surface area (Å²) in [6, 6.07) is 7.52. The summed E-state index contributed by atoms with van der Waals surface area (Å²) in [5.74, 6) is 0.690. The lowest BCUT2D eigenvalue weighted by molar-refractivity contribution is -0.116. The van der Waals surface area contributed by atoms with Crippen molar-refractivity contribution >= 4 is 12.0 Å². The van der Waals surface area contributed by atoms with E-state index in [1.165, 1.54) is 31.3 Å². The van der Waals surface area contributed by atoms with Gasteiger partial charge in [0.1, 0.15) is 5.75 Å². The Hall–Kier alpha value is -2.07. The van der Waals surface area contributed by atoms with Crippen LogP contribution >= 0.6 is 0 Å². The second-order valence-corrected chi connectivity index (χ2v) is 5.60. The Bertz CT molecular complexity index is 546. The van der Waals surface area contributed by atoms with Crippen LogP contribution in [0.15, 0.2) is 42.0 Å². The van der Waals surface area contributed by atoms with Gasteiger partial charge in [-0.1, -0.05) is 23.8 Å². The number of rotatable bonds is 8. The molecule has 0 spiro atoms. The molecule has 1 aliphatic rings. The Morgan fingerprint density at radius 3 is 2.78 bits per heavy atom. The van der Waals surface area contributed by atoms with Gasteiger partial charge in [-0.05, 0) is 55.9 Å². The summed E-state index contributed by atoms with van der Waals surface area (Å²) in [5, 5.41) is 2.93. The van der Waals surface area contributed by atoms with Gasteiger partial charge in [0, 0.05) is 19.7 Å². The number of hydrogen-bond acceptors (Lipinski definition) is 3. The van der Waals surface area contributed by atoms with Gasteiger partial charge in [0.15, 0.2) is 6.79 Å². The molecule has 0 atom stereocenters. The summed E-state index contributed by atoms with van der Waals surface area (Å²) in [7, 11) is 1.58. The lowest BCUT2D eigenvalue weighted by Crippen LogP contribution is -2.22. The molecule has 0 aromatic heterocycles. The molecule has 23 heavy (non-hydrogen) atoms. The van der Waals surface area contributed by atoms with E-state index in [1.54, 1.807) is 19.3 Å². The second kappa shape index (κ2) is 9.85. The minimum Gasteiger partial charge on any atom is -0.468 e. The number of ether oxygens (including phenoxy) is 2. The summed E-state index contributed by atoms with van der Waals surface area (Å²) in [6.07, 6.45) is 11.6. The SMILES string of the molecule is COCOc1ccc(/C=C/C(=O)NCCC2=CCCCC2)cc1. The molecule has 0 saturated carbocycles. The summed E-state index contributed by atoms with van der Waals surface area (Å²) in [6.45, 7) is 0.937. The van der Waals surface area contributed by atoms with Gasteiger partial charge in [0.2, 0.25) is 5.91 Å². The highest BCUT2D eigenvalue weighted by Gasteiger charge is 2.03. The Morgan fingerprint density at radius 2 is 2.09 bits per heavy atom. The van der Waals surface area contributed by atoms with Gasteiger partial charge in [0.05, 0.1) is 0 Å². The van der Waals surface area contributed by atoms with E-state index in [-0.39, 0.29) is 12.7 Å². The van der Waals surface area contributed by atoms with Crippen LogP contribution in [0, 0.1) is 0 Å². The molecule has 1 aliphatic carbocycles. The summed E-state index contributed by atoms with van der Waals surface area (Å²) in [4.78, 5) is 11.8. The molecule has 2 rings (SSSR count). The van der Waals surface area contributed by atoms with Crippen LogP contribution in [0.2, 0.25) is 0 Å². The fraction of sp³-hybridized carbons (Fsp3) is 0.421. The Kier molecular flexibility index (Phi) is 7.40. The molecule has 0 aliphatic heterocycles. The van der Waals surface area contributed by atoms with Crippen molar-refractivity contribution < 1.29 is 14.3 Å². The summed E-state index contributed by atoms with van der Waals surface area (Å²) in [5.41, 5.74) is 2.44. The van der Waals surface area contributed by atoms with E-state index in [4.69, 9.17) is 9.47 Å². The fourth-order valence-corrected chi connectivity index (χ4v) is 2.51. The van der Waals surface area contributed by atoms with E-state index >= 15 is 0 Å². The first-order valence-corrected chi connectivity index (χ1v) is 8.13. The number of allylic oxidation sites excluding steroid dienone is 1. The van der Waals surface area contributed by atoms with Crippen LogP contribution in [-0.2, 0) is 9.53 Å². The molecule has 1 N–H and O–H groups in total. The third-order valence-corrected chi connectivity index (χ3v) is 3.78. The highest BCUT2D eigenvalue weighted by atomic mass is 16.7. The van der Waals surface area contributed by atoms with Crippen molar-refractivity contribution in [2.24, 2.45) is 0 Å².